The summed E-state index contributed by atoms with van der Waals surface area (Å²) in [5.41, 5.74) is 3.75. The Morgan fingerprint density at radius 1 is 1.12 bits per heavy atom. The molecule has 1 unspecified atom stereocenters. The second-order valence-electron chi connectivity index (χ2n) is 7.42. The van der Waals surface area contributed by atoms with Crippen LogP contribution in [0.4, 0.5) is 0 Å². The molecule has 7 heteroatoms. The molecule has 1 aromatic carbocycles. The number of hydrogen-bond acceptors (Lipinski definition) is 4. The fourth-order valence-corrected chi connectivity index (χ4v) is 5.67. The second-order valence-corrected chi connectivity index (χ2v) is 9.33. The first-order chi connectivity index (χ1) is 12.5. The molecule has 0 aliphatic carbocycles. The van der Waals surface area contributed by atoms with Crippen molar-refractivity contribution in [3.63, 3.8) is 0 Å². The van der Waals surface area contributed by atoms with E-state index in [2.05, 4.69) is 5.43 Å². The van der Waals surface area contributed by atoms with E-state index in [0.717, 1.165) is 44.3 Å². The van der Waals surface area contributed by atoms with E-state index in [1.165, 1.54) is 6.42 Å². The van der Waals surface area contributed by atoms with Crippen molar-refractivity contribution in [1.82, 2.24) is 14.7 Å². The van der Waals surface area contributed by atoms with Gasteiger partial charge in [0.1, 0.15) is 0 Å². The highest BCUT2D eigenvalue weighted by atomic mass is 32.2. The SMILES string of the molecule is Cc1ccccc1S(=O)(=O)N1CCCC(CC(=O)NN2CCCCC2)C1. The summed E-state index contributed by atoms with van der Waals surface area (Å²) in [4.78, 5) is 12.7. The van der Waals surface area contributed by atoms with Crippen molar-refractivity contribution < 1.29 is 13.2 Å². The number of sulfonamides is 1. The molecule has 2 heterocycles. The van der Waals surface area contributed by atoms with Crippen LogP contribution < -0.4 is 5.43 Å². The molecule has 0 saturated carbocycles. The van der Waals surface area contributed by atoms with Crippen LogP contribution in [0.2, 0.25) is 0 Å². The summed E-state index contributed by atoms with van der Waals surface area (Å²) in [7, 11) is -3.50. The average Bonchev–Trinajstić information content (AvgIpc) is 2.63. The Kier molecular flexibility index (Phi) is 6.32. The molecule has 1 atom stereocenters. The average molecular weight is 380 g/mol. The smallest absolute Gasteiger partial charge is 0.243 e. The molecule has 0 spiro atoms. The highest BCUT2D eigenvalue weighted by Gasteiger charge is 2.32. The molecule has 2 saturated heterocycles. The Balaban J connectivity index is 1.60. The molecule has 1 N–H and O–H groups in total. The summed E-state index contributed by atoms with van der Waals surface area (Å²) in [6.45, 7) is 4.58. The van der Waals surface area contributed by atoms with Crippen molar-refractivity contribution in [3.8, 4) is 0 Å². The van der Waals surface area contributed by atoms with Gasteiger partial charge < -0.3 is 0 Å². The third-order valence-electron chi connectivity index (χ3n) is 5.31. The van der Waals surface area contributed by atoms with Gasteiger partial charge >= 0.3 is 0 Å². The molecule has 26 heavy (non-hydrogen) atoms. The molecule has 1 amide bonds. The van der Waals surface area contributed by atoms with Crippen LogP contribution in [0, 0.1) is 12.8 Å². The summed E-state index contributed by atoms with van der Waals surface area (Å²) < 4.78 is 27.5. The van der Waals surface area contributed by atoms with Gasteiger partial charge in [-0.3, -0.25) is 10.2 Å². The third-order valence-corrected chi connectivity index (χ3v) is 7.33. The van der Waals surface area contributed by atoms with Gasteiger partial charge in [-0.15, -0.1) is 0 Å². The molecule has 144 valence electrons. The number of carbonyl (C=O) groups is 1. The number of hydrazine groups is 1. The predicted octanol–water partition coefficient (Wildman–Crippen LogP) is 2.30. The zero-order chi connectivity index (χ0) is 18.6. The molecule has 1 aromatic rings. The van der Waals surface area contributed by atoms with Crippen molar-refractivity contribution >= 4 is 15.9 Å². The van der Waals surface area contributed by atoms with Crippen LogP contribution in [0.25, 0.3) is 0 Å². The van der Waals surface area contributed by atoms with Crippen LogP contribution in [0.15, 0.2) is 29.2 Å². The van der Waals surface area contributed by atoms with Crippen molar-refractivity contribution in [2.45, 2.75) is 50.3 Å². The molecule has 0 bridgehead atoms. The van der Waals surface area contributed by atoms with E-state index in [1.807, 2.05) is 24.1 Å². The number of nitrogens with one attached hydrogen (secondary N) is 1. The first kappa shape index (κ1) is 19.3. The maximum atomic E-state index is 13.0. The van der Waals surface area contributed by atoms with Crippen molar-refractivity contribution in [2.24, 2.45) is 5.92 Å². The largest absolute Gasteiger partial charge is 0.289 e. The summed E-state index contributed by atoms with van der Waals surface area (Å²) in [5.74, 6) is 0.0828. The van der Waals surface area contributed by atoms with E-state index in [0.29, 0.717) is 24.4 Å². The molecule has 2 fully saturated rings. The number of amides is 1. The van der Waals surface area contributed by atoms with Crippen molar-refractivity contribution in [2.75, 3.05) is 26.2 Å². The zero-order valence-corrected chi connectivity index (χ0v) is 16.3. The predicted molar refractivity (Wildman–Crippen MR) is 101 cm³/mol. The van der Waals surface area contributed by atoms with E-state index in [-0.39, 0.29) is 11.8 Å². The molecule has 0 aromatic heterocycles. The number of hydrogen-bond donors (Lipinski definition) is 1. The van der Waals surface area contributed by atoms with Gasteiger partial charge in [0.25, 0.3) is 0 Å². The second kappa shape index (κ2) is 8.50. The van der Waals surface area contributed by atoms with E-state index >= 15 is 0 Å². The van der Waals surface area contributed by atoms with E-state index in [9.17, 15) is 13.2 Å². The number of benzene rings is 1. The minimum Gasteiger partial charge on any atom is -0.289 e. The van der Waals surface area contributed by atoms with Crippen LogP contribution in [0.3, 0.4) is 0 Å². The molecular formula is C19H29N3O3S. The molecule has 2 aliphatic rings. The summed E-state index contributed by atoms with van der Waals surface area (Å²) in [6, 6.07) is 7.09. The van der Waals surface area contributed by atoms with Gasteiger partial charge in [-0.2, -0.15) is 4.31 Å². The maximum Gasteiger partial charge on any atom is 0.243 e. The van der Waals surface area contributed by atoms with E-state index < -0.39 is 10.0 Å². The zero-order valence-electron chi connectivity index (χ0n) is 15.5. The van der Waals surface area contributed by atoms with Crippen LogP contribution in [0.5, 0.6) is 0 Å². The fourth-order valence-electron chi connectivity index (χ4n) is 3.89. The van der Waals surface area contributed by atoms with Crippen molar-refractivity contribution in [1.29, 1.82) is 0 Å². The minimum atomic E-state index is -3.50. The number of nitrogens with zero attached hydrogens (tertiary/aromatic N) is 2. The third kappa shape index (κ3) is 4.64. The lowest BCUT2D eigenvalue weighted by molar-refractivity contribution is -0.127. The van der Waals surface area contributed by atoms with Crippen LogP contribution in [-0.4, -0.2) is 49.8 Å². The van der Waals surface area contributed by atoms with Crippen LogP contribution >= 0.6 is 0 Å². The Bertz CT molecular complexity index is 729. The Hall–Kier alpha value is -1.44. The van der Waals surface area contributed by atoms with Gasteiger partial charge in [-0.1, -0.05) is 24.6 Å². The van der Waals surface area contributed by atoms with Crippen molar-refractivity contribution in [3.05, 3.63) is 29.8 Å². The highest BCUT2D eigenvalue weighted by molar-refractivity contribution is 7.89. The maximum absolute atomic E-state index is 13.0. The lowest BCUT2D eigenvalue weighted by atomic mass is 9.96. The number of aryl methyl sites for hydroxylation is 1. The van der Waals surface area contributed by atoms with E-state index in [1.54, 1.807) is 16.4 Å². The highest BCUT2D eigenvalue weighted by Crippen LogP contribution is 2.27. The number of piperidine rings is 2. The number of carbonyl (C=O) groups excluding carboxylic acids is 1. The normalized spacial score (nSPS) is 22.9. The van der Waals surface area contributed by atoms with Gasteiger partial charge in [0.05, 0.1) is 4.90 Å². The minimum absolute atomic E-state index is 0.00652. The standard InChI is InChI=1S/C19H29N3O3S/c1-16-8-3-4-10-18(16)26(24,25)22-13-7-9-17(15-22)14-19(23)20-21-11-5-2-6-12-21/h3-4,8,10,17H,2,5-7,9,11-15H2,1H3,(H,20,23). The van der Waals surface area contributed by atoms with Crippen LogP contribution in [0.1, 0.15) is 44.1 Å². The van der Waals surface area contributed by atoms with Gasteiger partial charge in [0.15, 0.2) is 0 Å². The lowest BCUT2D eigenvalue weighted by Crippen LogP contribution is -2.47. The Labute approximate surface area is 156 Å². The molecular weight excluding hydrogens is 350 g/mol. The first-order valence-electron chi connectivity index (χ1n) is 9.57. The monoisotopic (exact) mass is 379 g/mol. The summed E-state index contributed by atoms with van der Waals surface area (Å²) in [5, 5.41) is 2.00. The molecule has 0 radical (unpaired) electrons. The van der Waals surface area contributed by atoms with Gasteiger partial charge in [0.2, 0.25) is 15.9 Å². The van der Waals surface area contributed by atoms with E-state index in [4.69, 9.17) is 0 Å². The molecule has 2 aliphatic heterocycles. The van der Waals surface area contributed by atoms with Gasteiger partial charge in [-0.05, 0) is 50.2 Å². The first-order valence-corrected chi connectivity index (χ1v) is 11.0. The summed E-state index contributed by atoms with van der Waals surface area (Å²) in [6.07, 6.45) is 5.54. The lowest BCUT2D eigenvalue weighted by Gasteiger charge is -2.33. The number of rotatable bonds is 5. The summed E-state index contributed by atoms with van der Waals surface area (Å²) >= 11 is 0. The Morgan fingerprint density at radius 2 is 1.85 bits per heavy atom. The molecule has 6 nitrogen and oxygen atoms in total. The fraction of sp³-hybridized carbons (Fsp3) is 0.632. The van der Waals surface area contributed by atoms with Crippen LogP contribution in [-0.2, 0) is 14.8 Å². The molecule has 3 rings (SSSR count). The van der Waals surface area contributed by atoms with Gasteiger partial charge in [0, 0.05) is 32.6 Å². The Morgan fingerprint density at radius 3 is 2.58 bits per heavy atom. The topological polar surface area (TPSA) is 69.7 Å². The van der Waals surface area contributed by atoms with Gasteiger partial charge in [-0.25, -0.2) is 13.4 Å². The quantitative estimate of drug-likeness (QED) is 0.852.